The number of rotatable bonds is 11. The number of aliphatic hydroxyl groups excluding tert-OH is 1. The van der Waals surface area contributed by atoms with Crippen molar-refractivity contribution < 1.29 is 62.2 Å². The van der Waals surface area contributed by atoms with E-state index in [9.17, 15) is 29.1 Å². The SMILES string of the molecule is CC[C@H]1OC(=O)[C@H](C)[C@@H](OC(=O)C(C)C)[C@H](C)[C@@H](O[C@@H]2O[C@H](C)C[C@H](N(C)C)[C@H]2O)[C@](C)(OC(=O)OC/C=C/c2ccc(-c3cccnn3)cc2)C[C@@H](C)C(=O)[C@H](C)[C@H]2NC(=O)O[C@@]21C. The number of amides is 1. The number of alkyl carbamates (subject to hydrolysis) is 1. The van der Waals surface area contributed by atoms with Crippen molar-refractivity contribution >= 4 is 36.0 Å². The summed E-state index contributed by atoms with van der Waals surface area (Å²) in [4.78, 5) is 71.3. The van der Waals surface area contributed by atoms with Gasteiger partial charge in [-0.1, -0.05) is 71.9 Å². The first-order chi connectivity index (χ1) is 30.6. The van der Waals surface area contributed by atoms with Gasteiger partial charge in [0.05, 0.1) is 29.7 Å². The third kappa shape index (κ3) is 11.9. The molecule has 0 unspecified atom stereocenters. The third-order valence-corrected chi connectivity index (χ3v) is 13.1. The minimum Gasteiger partial charge on any atom is -0.461 e. The molecule has 358 valence electrons. The number of ketones is 1. The molecular weight excluding hydrogens is 841 g/mol. The molecule has 0 aliphatic carbocycles. The van der Waals surface area contributed by atoms with Gasteiger partial charge in [0.2, 0.25) is 0 Å². The van der Waals surface area contributed by atoms with Gasteiger partial charge >= 0.3 is 24.2 Å². The van der Waals surface area contributed by atoms with Crippen molar-refractivity contribution in [3.05, 3.63) is 54.2 Å². The molecule has 3 saturated heterocycles. The second-order valence-corrected chi connectivity index (χ2v) is 18.8. The van der Waals surface area contributed by atoms with Gasteiger partial charge in [0.1, 0.15) is 42.4 Å². The fraction of sp³-hybridized carbons (Fsp3) is 0.646. The Balaban J connectivity index is 1.56. The summed E-state index contributed by atoms with van der Waals surface area (Å²) in [5, 5.41) is 22.6. The van der Waals surface area contributed by atoms with Crippen LogP contribution < -0.4 is 5.32 Å². The molecular formula is C48H68N4O13. The number of carbonyl (C=O) groups excluding carboxylic acids is 5. The van der Waals surface area contributed by atoms with Crippen molar-refractivity contribution in [3.63, 3.8) is 0 Å². The third-order valence-electron chi connectivity index (χ3n) is 13.1. The molecule has 0 saturated carbocycles. The van der Waals surface area contributed by atoms with Crippen molar-refractivity contribution in [2.45, 2.75) is 149 Å². The number of nitrogens with zero attached hydrogens (tertiary/aromatic N) is 3. The summed E-state index contributed by atoms with van der Waals surface area (Å²) < 4.78 is 43.1. The molecule has 65 heavy (non-hydrogen) atoms. The highest BCUT2D eigenvalue weighted by molar-refractivity contribution is 5.85. The Labute approximate surface area is 382 Å². The van der Waals surface area contributed by atoms with Crippen LogP contribution in [0.1, 0.15) is 94.1 Å². The highest BCUT2D eigenvalue weighted by Gasteiger charge is 2.58. The van der Waals surface area contributed by atoms with Gasteiger partial charge in [-0.25, -0.2) is 9.59 Å². The summed E-state index contributed by atoms with van der Waals surface area (Å²) in [6.45, 7) is 16.5. The van der Waals surface area contributed by atoms with Gasteiger partial charge in [-0.3, -0.25) is 14.4 Å². The van der Waals surface area contributed by atoms with Gasteiger partial charge in [0.25, 0.3) is 0 Å². The molecule has 0 bridgehead atoms. The van der Waals surface area contributed by atoms with Crippen LogP contribution in [0.25, 0.3) is 17.3 Å². The molecule has 2 aromatic rings. The van der Waals surface area contributed by atoms with E-state index in [4.69, 9.17) is 33.2 Å². The molecule has 2 N–H and O–H groups in total. The summed E-state index contributed by atoms with van der Waals surface area (Å²) in [5.74, 6) is -6.27. The lowest BCUT2D eigenvalue weighted by Crippen LogP contribution is -2.61. The van der Waals surface area contributed by atoms with E-state index in [1.807, 2.05) is 56.3 Å². The Bertz CT molecular complexity index is 2000. The highest BCUT2D eigenvalue weighted by atomic mass is 16.8. The van der Waals surface area contributed by atoms with Gasteiger partial charge in [0, 0.05) is 35.6 Å². The topological polar surface area (TPSA) is 211 Å². The van der Waals surface area contributed by atoms with E-state index in [2.05, 4.69) is 15.5 Å². The number of hydrogen-bond donors (Lipinski definition) is 2. The smallest absolute Gasteiger partial charge is 0.461 e. The minimum absolute atomic E-state index is 0.178. The van der Waals surface area contributed by atoms with E-state index in [1.165, 1.54) is 0 Å². The number of ether oxygens (including phenoxy) is 7. The maximum absolute atomic E-state index is 14.6. The fourth-order valence-electron chi connectivity index (χ4n) is 9.45. The maximum atomic E-state index is 14.6. The van der Waals surface area contributed by atoms with E-state index in [-0.39, 0.29) is 31.3 Å². The second-order valence-electron chi connectivity index (χ2n) is 18.8. The number of Topliss-reactive ketones (excluding diaryl/α,β-unsaturated/α-hetero) is 1. The van der Waals surface area contributed by atoms with E-state index in [0.29, 0.717) is 6.42 Å². The molecule has 3 aliphatic heterocycles. The summed E-state index contributed by atoms with van der Waals surface area (Å²) in [6, 6.07) is 9.89. The second kappa shape index (κ2) is 21.6. The van der Waals surface area contributed by atoms with Crippen LogP contribution in [-0.2, 0) is 47.5 Å². The zero-order valence-corrected chi connectivity index (χ0v) is 39.7. The van der Waals surface area contributed by atoms with Gasteiger partial charge < -0.3 is 48.5 Å². The average molecular weight is 909 g/mol. The van der Waals surface area contributed by atoms with Gasteiger partial charge in [-0.05, 0) is 84.8 Å². The fourth-order valence-corrected chi connectivity index (χ4v) is 9.45. The van der Waals surface area contributed by atoms with Gasteiger partial charge in [-0.15, -0.1) is 0 Å². The molecule has 3 fully saturated rings. The Kier molecular flexibility index (Phi) is 16.9. The van der Waals surface area contributed by atoms with Crippen molar-refractivity contribution in [1.29, 1.82) is 0 Å². The number of aromatic nitrogens is 2. The van der Waals surface area contributed by atoms with E-state index < -0.39 is 108 Å². The number of fused-ring (bicyclic) bond motifs is 1. The molecule has 0 spiro atoms. The maximum Gasteiger partial charge on any atom is 0.509 e. The largest absolute Gasteiger partial charge is 0.509 e. The molecule has 17 heteroatoms. The van der Waals surface area contributed by atoms with Crippen LogP contribution in [-0.4, -0.2) is 131 Å². The zero-order chi connectivity index (χ0) is 48.0. The molecule has 0 radical (unpaired) electrons. The number of nitrogens with one attached hydrogen (secondary N) is 1. The van der Waals surface area contributed by atoms with Gasteiger partial charge in [-0.2, -0.15) is 10.2 Å². The summed E-state index contributed by atoms with van der Waals surface area (Å²) in [5.41, 5.74) is -0.840. The first-order valence-electron chi connectivity index (χ1n) is 22.6. The van der Waals surface area contributed by atoms with Crippen LogP contribution in [0.3, 0.4) is 0 Å². The zero-order valence-electron chi connectivity index (χ0n) is 39.7. The molecule has 1 aromatic carbocycles. The summed E-state index contributed by atoms with van der Waals surface area (Å²) >= 11 is 0. The number of cyclic esters (lactones) is 1. The molecule has 5 rings (SSSR count). The van der Waals surface area contributed by atoms with Crippen LogP contribution in [0.2, 0.25) is 0 Å². The Morgan fingerprint density at radius 1 is 1.03 bits per heavy atom. The van der Waals surface area contributed by atoms with Crippen LogP contribution >= 0.6 is 0 Å². The Hall–Kier alpha value is -4.97. The highest BCUT2D eigenvalue weighted by Crippen LogP contribution is 2.42. The standard InChI is InChI=1S/C48H68N4O13/c1-13-36-48(10)40(50-45(57)64-48)29(6)37(53)27(4)25-47(9,65-46(58)59-23-15-16-32-18-20-33(21-19-32)34-17-14-22-49-51-34)41(63-44-38(54)35(52(11)12)24-28(5)60-44)30(7)39(31(8)43(56)61-36)62-42(55)26(2)3/h14-22,26-31,35-36,38-41,44,54H,13,23-25H2,1-12H3,(H,50,57)/b16-15+/t27-,28-,29+,30+,31-,35+,36-,38-,39+,40-,41-,44+,47-,48-/m1/s1. The van der Waals surface area contributed by atoms with E-state index in [0.717, 1.165) is 16.8 Å². The van der Waals surface area contributed by atoms with Crippen LogP contribution in [0.4, 0.5) is 9.59 Å². The van der Waals surface area contributed by atoms with Crippen LogP contribution in [0.15, 0.2) is 48.7 Å². The van der Waals surface area contributed by atoms with E-state index in [1.54, 1.807) is 86.7 Å². The first-order valence-corrected chi connectivity index (χ1v) is 22.6. The minimum atomic E-state index is -1.80. The van der Waals surface area contributed by atoms with Crippen LogP contribution in [0, 0.1) is 29.6 Å². The number of carbonyl (C=O) groups is 5. The number of aliphatic hydroxyl groups is 1. The number of benzene rings is 1. The average Bonchev–Trinajstić information content (AvgIpc) is 3.58. The van der Waals surface area contributed by atoms with E-state index >= 15 is 0 Å². The summed E-state index contributed by atoms with van der Waals surface area (Å²) in [7, 11) is 3.66. The predicted molar refractivity (Wildman–Crippen MR) is 238 cm³/mol. The van der Waals surface area contributed by atoms with Gasteiger partial charge in [0.15, 0.2) is 11.9 Å². The molecule has 14 atom stereocenters. The van der Waals surface area contributed by atoms with Crippen molar-refractivity contribution in [1.82, 2.24) is 20.4 Å². The molecule has 1 amide bonds. The quantitative estimate of drug-likeness (QED) is 0.191. The predicted octanol–water partition coefficient (Wildman–Crippen LogP) is 6.15. The molecule has 1 aromatic heterocycles. The lowest BCUT2D eigenvalue weighted by molar-refractivity contribution is -0.300. The van der Waals surface area contributed by atoms with Crippen molar-refractivity contribution in [3.8, 4) is 11.3 Å². The van der Waals surface area contributed by atoms with Crippen molar-refractivity contribution in [2.75, 3.05) is 20.7 Å². The summed E-state index contributed by atoms with van der Waals surface area (Å²) in [6.07, 6.45) is -2.86. The lowest BCUT2D eigenvalue weighted by atomic mass is 9.73. The van der Waals surface area contributed by atoms with Crippen LogP contribution in [0.5, 0.6) is 0 Å². The Morgan fingerprint density at radius 3 is 2.34 bits per heavy atom. The lowest BCUT2D eigenvalue weighted by Gasteiger charge is -2.48. The molecule has 3 aliphatic rings. The monoisotopic (exact) mass is 908 g/mol. The number of hydrogen-bond acceptors (Lipinski definition) is 16. The molecule has 4 heterocycles. The number of esters is 2. The Morgan fingerprint density at radius 2 is 1.72 bits per heavy atom. The first kappa shape index (κ1) is 51.0. The normalized spacial score (nSPS) is 34.8. The molecule has 17 nitrogen and oxygen atoms in total. The number of likely N-dealkylation sites (N-methyl/N-ethyl adjacent to an activating group) is 1. The van der Waals surface area contributed by atoms with Crippen molar-refractivity contribution in [2.24, 2.45) is 29.6 Å².